The number of nitro groups is 1. The average Bonchev–Trinajstić information content (AvgIpc) is 2.67. The lowest BCUT2D eigenvalue weighted by molar-refractivity contribution is -0.384. The summed E-state index contributed by atoms with van der Waals surface area (Å²) in [6.45, 7) is -0.271. The van der Waals surface area contributed by atoms with Crippen molar-refractivity contribution >= 4 is 59.9 Å². The van der Waals surface area contributed by atoms with Crippen molar-refractivity contribution in [2.75, 3.05) is 19.0 Å². The van der Waals surface area contributed by atoms with Crippen LogP contribution in [0, 0.1) is 10.1 Å². The maximum Gasteiger partial charge on any atom is 0.271 e. The molecule has 0 fully saturated rings. The minimum absolute atomic E-state index is 0.152. The van der Waals surface area contributed by atoms with Gasteiger partial charge in [0.1, 0.15) is 11.5 Å². The van der Waals surface area contributed by atoms with Gasteiger partial charge >= 0.3 is 0 Å². The average molecular weight is 510 g/mol. The molecule has 1 N–H and O–H groups in total. The zero-order valence-corrected chi connectivity index (χ0v) is 17.7. The number of nitrogens with one attached hydrogen (secondary N) is 1. The van der Waals surface area contributed by atoms with E-state index in [1.165, 1.54) is 25.3 Å². The highest BCUT2D eigenvalue weighted by molar-refractivity contribution is 9.11. The number of benzene rings is 3. The summed E-state index contributed by atoms with van der Waals surface area (Å²) >= 11 is 6.94. The van der Waals surface area contributed by atoms with Crippen LogP contribution >= 0.6 is 31.9 Å². The van der Waals surface area contributed by atoms with Gasteiger partial charge in [0.2, 0.25) is 0 Å². The zero-order valence-electron chi connectivity index (χ0n) is 14.6. The Bertz CT molecular complexity index is 1070. The number of nitrogens with zero attached hydrogens (tertiary/aromatic N) is 1. The Morgan fingerprint density at radius 2 is 1.86 bits per heavy atom. The van der Waals surface area contributed by atoms with E-state index in [1.807, 2.05) is 24.3 Å². The number of nitro benzene ring substituents is 1. The quantitative estimate of drug-likeness (QED) is 0.359. The maximum absolute atomic E-state index is 12.3. The first-order chi connectivity index (χ1) is 13.4. The fraction of sp³-hybridized carbons (Fsp3) is 0.105. The van der Waals surface area contributed by atoms with Crippen molar-refractivity contribution in [1.29, 1.82) is 0 Å². The second kappa shape index (κ2) is 8.57. The number of rotatable bonds is 6. The molecule has 0 spiro atoms. The molecule has 144 valence electrons. The molecule has 3 aromatic carbocycles. The molecule has 0 radical (unpaired) electrons. The summed E-state index contributed by atoms with van der Waals surface area (Å²) in [5.41, 5.74) is 0.0492. The zero-order chi connectivity index (χ0) is 20.3. The molecule has 0 saturated carbocycles. The summed E-state index contributed by atoms with van der Waals surface area (Å²) in [7, 11) is 1.41. The Morgan fingerprint density at radius 1 is 1.11 bits per heavy atom. The molecular formula is C19H14Br2N2O5. The van der Waals surface area contributed by atoms with E-state index in [0.717, 1.165) is 19.7 Å². The molecule has 0 aliphatic heterocycles. The smallest absolute Gasteiger partial charge is 0.271 e. The Labute approximate surface area is 177 Å². The van der Waals surface area contributed by atoms with E-state index in [2.05, 4.69) is 37.2 Å². The van der Waals surface area contributed by atoms with E-state index < -0.39 is 10.8 Å². The molecular weight excluding hydrogens is 496 g/mol. The Morgan fingerprint density at radius 3 is 2.57 bits per heavy atom. The number of amides is 1. The van der Waals surface area contributed by atoms with Crippen LogP contribution in [0.1, 0.15) is 0 Å². The predicted octanol–water partition coefficient (Wildman–Crippen LogP) is 5.30. The lowest BCUT2D eigenvalue weighted by Crippen LogP contribution is -2.20. The molecule has 3 aromatic rings. The number of carbonyl (C=O) groups excluding carboxylic acids is 1. The molecule has 0 atom stereocenters. The van der Waals surface area contributed by atoms with E-state index in [9.17, 15) is 14.9 Å². The monoisotopic (exact) mass is 508 g/mol. The number of non-ortho nitro benzene ring substituents is 1. The number of anilines is 1. The van der Waals surface area contributed by atoms with Crippen LogP contribution in [-0.2, 0) is 4.79 Å². The van der Waals surface area contributed by atoms with Crippen molar-refractivity contribution in [2.24, 2.45) is 0 Å². The van der Waals surface area contributed by atoms with E-state index in [0.29, 0.717) is 11.5 Å². The Kier molecular flexibility index (Phi) is 6.15. The molecule has 0 aromatic heterocycles. The van der Waals surface area contributed by atoms with Gasteiger partial charge in [0, 0.05) is 16.6 Å². The molecule has 7 nitrogen and oxygen atoms in total. The van der Waals surface area contributed by atoms with E-state index >= 15 is 0 Å². The van der Waals surface area contributed by atoms with Crippen molar-refractivity contribution in [3.63, 3.8) is 0 Å². The van der Waals surface area contributed by atoms with Crippen molar-refractivity contribution < 1.29 is 19.2 Å². The number of ether oxygens (including phenoxy) is 2. The van der Waals surface area contributed by atoms with Gasteiger partial charge in [-0.25, -0.2) is 0 Å². The molecule has 0 heterocycles. The number of hydrogen-bond donors (Lipinski definition) is 1. The highest BCUT2D eigenvalue weighted by Crippen LogP contribution is 2.34. The van der Waals surface area contributed by atoms with Crippen LogP contribution in [0.5, 0.6) is 11.5 Å². The number of fused-ring (bicyclic) bond motifs is 1. The van der Waals surface area contributed by atoms with Gasteiger partial charge in [0.15, 0.2) is 6.61 Å². The van der Waals surface area contributed by atoms with Crippen molar-refractivity contribution in [1.82, 2.24) is 0 Å². The fourth-order valence-electron chi connectivity index (χ4n) is 2.59. The molecule has 9 heteroatoms. The van der Waals surface area contributed by atoms with Crippen LogP contribution in [0.4, 0.5) is 11.4 Å². The number of carbonyl (C=O) groups is 1. The molecule has 28 heavy (non-hydrogen) atoms. The highest BCUT2D eigenvalue weighted by Gasteiger charge is 2.15. The van der Waals surface area contributed by atoms with Crippen molar-refractivity contribution in [3.8, 4) is 11.5 Å². The normalized spacial score (nSPS) is 10.5. The first-order valence-corrected chi connectivity index (χ1v) is 9.60. The third kappa shape index (κ3) is 4.42. The summed E-state index contributed by atoms with van der Waals surface area (Å²) < 4.78 is 12.4. The Balaban J connectivity index is 1.74. The van der Waals surface area contributed by atoms with E-state index in [-0.39, 0.29) is 18.0 Å². The third-order valence-electron chi connectivity index (χ3n) is 3.91. The fourth-order valence-corrected chi connectivity index (χ4v) is 3.58. The van der Waals surface area contributed by atoms with Crippen LogP contribution in [-0.4, -0.2) is 24.5 Å². The van der Waals surface area contributed by atoms with E-state index in [1.54, 1.807) is 6.07 Å². The minimum Gasteiger partial charge on any atom is -0.495 e. The van der Waals surface area contributed by atoms with Crippen LogP contribution in [0.3, 0.4) is 0 Å². The third-order valence-corrected chi connectivity index (χ3v) is 5.22. The van der Waals surface area contributed by atoms with Crippen LogP contribution in [0.2, 0.25) is 0 Å². The molecule has 0 bridgehead atoms. The summed E-state index contributed by atoms with van der Waals surface area (Å²) in [6, 6.07) is 13.4. The maximum atomic E-state index is 12.3. The van der Waals surface area contributed by atoms with Gasteiger partial charge in [-0.15, -0.1) is 0 Å². The number of halogens is 2. The van der Waals surface area contributed by atoms with E-state index in [4.69, 9.17) is 9.47 Å². The minimum atomic E-state index is -0.545. The van der Waals surface area contributed by atoms with Gasteiger partial charge in [-0.1, -0.05) is 28.1 Å². The van der Waals surface area contributed by atoms with Gasteiger partial charge in [0.05, 0.1) is 22.2 Å². The van der Waals surface area contributed by atoms with Crippen molar-refractivity contribution in [3.05, 3.63) is 67.6 Å². The lowest BCUT2D eigenvalue weighted by atomic mass is 10.1. The number of hydrogen-bond acceptors (Lipinski definition) is 5. The molecule has 0 saturated heterocycles. The van der Waals surface area contributed by atoms with Gasteiger partial charge < -0.3 is 14.8 Å². The molecule has 1 amide bonds. The lowest BCUT2D eigenvalue weighted by Gasteiger charge is -2.12. The Hall–Kier alpha value is -2.65. The molecule has 0 unspecified atom stereocenters. The van der Waals surface area contributed by atoms with Crippen LogP contribution in [0.25, 0.3) is 10.8 Å². The first kappa shape index (κ1) is 20.1. The van der Waals surface area contributed by atoms with Gasteiger partial charge in [-0.05, 0) is 51.0 Å². The standard InChI is InChI=1S/C19H14Br2N2O5/c1-27-16-7-4-13(23(25)26)9-15(16)22-18(24)10-28-17-6-2-11-8-12(20)3-5-14(11)19(17)21/h2-9H,10H2,1H3,(H,22,24). The molecule has 0 aliphatic rings. The second-order valence-electron chi connectivity index (χ2n) is 5.72. The number of methoxy groups -OCH3 is 1. The summed E-state index contributed by atoms with van der Waals surface area (Å²) in [5.74, 6) is 0.356. The topological polar surface area (TPSA) is 90.7 Å². The summed E-state index contributed by atoms with van der Waals surface area (Å²) in [4.78, 5) is 22.7. The molecule has 3 rings (SSSR count). The van der Waals surface area contributed by atoms with Gasteiger partial charge in [-0.3, -0.25) is 14.9 Å². The van der Waals surface area contributed by atoms with Gasteiger partial charge in [0.25, 0.3) is 11.6 Å². The SMILES string of the molecule is COc1ccc([N+](=O)[O-])cc1NC(=O)COc1ccc2cc(Br)ccc2c1Br. The highest BCUT2D eigenvalue weighted by atomic mass is 79.9. The summed E-state index contributed by atoms with van der Waals surface area (Å²) in [5, 5.41) is 15.5. The van der Waals surface area contributed by atoms with Gasteiger partial charge in [-0.2, -0.15) is 0 Å². The summed E-state index contributed by atoms with van der Waals surface area (Å²) in [6.07, 6.45) is 0. The molecule has 0 aliphatic carbocycles. The largest absolute Gasteiger partial charge is 0.495 e. The second-order valence-corrected chi connectivity index (χ2v) is 7.43. The first-order valence-electron chi connectivity index (χ1n) is 8.02. The van der Waals surface area contributed by atoms with Crippen LogP contribution < -0.4 is 14.8 Å². The predicted molar refractivity (Wildman–Crippen MR) is 113 cm³/mol. The van der Waals surface area contributed by atoms with Crippen molar-refractivity contribution in [2.45, 2.75) is 0 Å². The van der Waals surface area contributed by atoms with Crippen LogP contribution in [0.15, 0.2) is 57.5 Å².